The average molecular weight is 407 g/mol. The second-order valence-electron chi connectivity index (χ2n) is 10.0. The summed E-state index contributed by atoms with van der Waals surface area (Å²) < 4.78 is 6.36. The summed E-state index contributed by atoms with van der Waals surface area (Å²) in [5.74, 6) is 0.777. The Morgan fingerprint density at radius 2 is 1.96 bits per heavy atom. The zero-order valence-electron chi connectivity index (χ0n) is 17.5. The fourth-order valence-corrected chi connectivity index (χ4v) is 6.28. The van der Waals surface area contributed by atoms with Gasteiger partial charge in [0.15, 0.2) is 0 Å². The van der Waals surface area contributed by atoms with Crippen LogP contribution in [-0.2, 0) is 4.74 Å². The van der Waals surface area contributed by atoms with Crippen molar-refractivity contribution in [1.29, 1.82) is 0 Å². The van der Waals surface area contributed by atoms with E-state index < -0.39 is 6.10 Å². The lowest BCUT2D eigenvalue weighted by molar-refractivity contribution is -0.113. The molecular weight excluding hydrogens is 372 g/mol. The number of fused-ring (bicyclic) bond motifs is 2. The van der Waals surface area contributed by atoms with Gasteiger partial charge in [-0.05, 0) is 54.2 Å². The minimum absolute atomic E-state index is 0.231. The molecule has 4 nitrogen and oxygen atoms in total. The maximum atomic E-state index is 10.6. The SMILES string of the molecule is CC1(C)[C@@H]2CC[C@](C)(C2)[C@@H]1OC[C@H](O)CN1CCN(c2cccc(Cl)c2)CC1. The first-order valence-electron chi connectivity index (χ1n) is 10.8. The highest BCUT2D eigenvalue weighted by molar-refractivity contribution is 6.30. The lowest BCUT2D eigenvalue weighted by Crippen LogP contribution is -2.50. The molecule has 2 saturated carbocycles. The van der Waals surface area contributed by atoms with E-state index in [1.807, 2.05) is 18.2 Å². The molecule has 28 heavy (non-hydrogen) atoms. The third kappa shape index (κ3) is 3.94. The van der Waals surface area contributed by atoms with Crippen molar-refractivity contribution in [3.8, 4) is 0 Å². The monoisotopic (exact) mass is 406 g/mol. The van der Waals surface area contributed by atoms with Crippen LogP contribution >= 0.6 is 11.6 Å². The van der Waals surface area contributed by atoms with Crippen LogP contribution in [0.25, 0.3) is 0 Å². The molecule has 1 aromatic carbocycles. The van der Waals surface area contributed by atoms with Crippen LogP contribution in [0.3, 0.4) is 0 Å². The Morgan fingerprint density at radius 3 is 2.61 bits per heavy atom. The van der Waals surface area contributed by atoms with Crippen LogP contribution in [0.1, 0.15) is 40.0 Å². The van der Waals surface area contributed by atoms with Gasteiger partial charge in [0, 0.05) is 43.4 Å². The van der Waals surface area contributed by atoms with E-state index in [4.69, 9.17) is 16.3 Å². The van der Waals surface area contributed by atoms with E-state index in [0.29, 0.717) is 18.6 Å². The fourth-order valence-electron chi connectivity index (χ4n) is 6.09. The first-order valence-corrected chi connectivity index (χ1v) is 11.2. The summed E-state index contributed by atoms with van der Waals surface area (Å²) in [6, 6.07) is 8.05. The van der Waals surface area contributed by atoms with Crippen molar-refractivity contribution < 1.29 is 9.84 Å². The Labute approximate surface area is 174 Å². The number of aliphatic hydroxyl groups is 1. The van der Waals surface area contributed by atoms with Crippen LogP contribution in [0.5, 0.6) is 0 Å². The first-order chi connectivity index (χ1) is 13.3. The Balaban J connectivity index is 1.24. The second kappa shape index (κ2) is 7.79. The number of aliphatic hydroxyl groups excluding tert-OH is 1. The van der Waals surface area contributed by atoms with Crippen LogP contribution in [0.2, 0.25) is 5.02 Å². The molecule has 0 unspecified atom stereocenters. The van der Waals surface area contributed by atoms with E-state index in [1.165, 1.54) is 24.9 Å². The van der Waals surface area contributed by atoms with Crippen LogP contribution in [0, 0.1) is 16.7 Å². The van der Waals surface area contributed by atoms with Gasteiger partial charge in [0.25, 0.3) is 0 Å². The van der Waals surface area contributed by atoms with Gasteiger partial charge in [-0.15, -0.1) is 0 Å². The molecule has 0 amide bonds. The lowest BCUT2D eigenvalue weighted by atomic mass is 9.70. The molecule has 1 aromatic rings. The minimum atomic E-state index is -0.420. The number of benzene rings is 1. The second-order valence-corrected chi connectivity index (χ2v) is 10.5. The van der Waals surface area contributed by atoms with Gasteiger partial charge in [0.1, 0.15) is 0 Å². The highest BCUT2D eigenvalue weighted by Crippen LogP contribution is 2.63. The third-order valence-electron chi connectivity index (χ3n) is 7.61. The summed E-state index contributed by atoms with van der Waals surface area (Å²) >= 11 is 6.12. The molecule has 3 aliphatic rings. The highest BCUT2D eigenvalue weighted by atomic mass is 35.5. The van der Waals surface area contributed by atoms with Crippen LogP contribution in [0.15, 0.2) is 24.3 Å². The zero-order valence-corrected chi connectivity index (χ0v) is 18.3. The van der Waals surface area contributed by atoms with Crippen molar-refractivity contribution in [1.82, 2.24) is 4.90 Å². The van der Waals surface area contributed by atoms with Gasteiger partial charge in [-0.1, -0.05) is 38.4 Å². The maximum absolute atomic E-state index is 10.6. The van der Waals surface area contributed by atoms with E-state index >= 15 is 0 Å². The number of nitrogens with zero attached hydrogens (tertiary/aromatic N) is 2. The Bertz CT molecular complexity index is 684. The van der Waals surface area contributed by atoms with Crippen molar-refractivity contribution in [2.45, 2.75) is 52.2 Å². The molecule has 5 heteroatoms. The average Bonchev–Trinajstić information content (AvgIpc) is 3.13. The number of β-amino-alcohol motifs (C(OH)–C–C–N with tert-alkyl or cyclic N) is 1. The molecule has 1 heterocycles. The summed E-state index contributed by atoms with van der Waals surface area (Å²) in [4.78, 5) is 4.71. The normalized spacial score (nSPS) is 33.4. The van der Waals surface area contributed by atoms with E-state index in [-0.39, 0.29) is 11.5 Å². The summed E-state index contributed by atoms with van der Waals surface area (Å²) in [6.07, 6.45) is 3.74. The Kier molecular flexibility index (Phi) is 5.69. The maximum Gasteiger partial charge on any atom is 0.0900 e. The minimum Gasteiger partial charge on any atom is -0.389 e. The molecule has 3 fully saturated rings. The quantitative estimate of drug-likeness (QED) is 0.772. The van der Waals surface area contributed by atoms with Gasteiger partial charge < -0.3 is 14.7 Å². The molecular formula is C23H35ClN2O2. The van der Waals surface area contributed by atoms with Crippen molar-refractivity contribution in [2.75, 3.05) is 44.2 Å². The van der Waals surface area contributed by atoms with Gasteiger partial charge in [-0.2, -0.15) is 0 Å². The standard InChI is InChI=1S/C23H35ClN2O2/c1-22(2)17-7-8-23(3,14-17)21(22)28-16-20(27)15-25-9-11-26(12-10-25)19-6-4-5-18(24)13-19/h4-6,13,17,20-21,27H,7-12,14-16H2,1-3H3/t17-,20-,21-,23-/m1/s1. The number of rotatable bonds is 6. The first kappa shape index (κ1) is 20.5. The molecule has 0 aromatic heterocycles. The van der Waals surface area contributed by atoms with Gasteiger partial charge >= 0.3 is 0 Å². The smallest absolute Gasteiger partial charge is 0.0900 e. The summed E-state index contributed by atoms with van der Waals surface area (Å²) in [5, 5.41) is 11.4. The molecule has 1 saturated heterocycles. The molecule has 1 N–H and O–H groups in total. The molecule has 1 aliphatic heterocycles. The summed E-state index contributed by atoms with van der Waals surface area (Å²) in [5.41, 5.74) is 1.72. The zero-order chi connectivity index (χ0) is 19.9. The number of anilines is 1. The largest absolute Gasteiger partial charge is 0.389 e. The van der Waals surface area contributed by atoms with Crippen molar-refractivity contribution >= 4 is 17.3 Å². The topological polar surface area (TPSA) is 35.9 Å². The van der Waals surface area contributed by atoms with E-state index in [2.05, 4.69) is 36.6 Å². The van der Waals surface area contributed by atoms with Gasteiger partial charge in [-0.3, -0.25) is 4.90 Å². The van der Waals surface area contributed by atoms with Crippen molar-refractivity contribution in [2.24, 2.45) is 16.7 Å². The van der Waals surface area contributed by atoms with E-state index in [1.54, 1.807) is 0 Å². The van der Waals surface area contributed by atoms with Gasteiger partial charge in [0.05, 0.1) is 18.8 Å². The number of ether oxygens (including phenoxy) is 1. The predicted molar refractivity (Wildman–Crippen MR) is 115 cm³/mol. The van der Waals surface area contributed by atoms with E-state index in [0.717, 1.165) is 37.1 Å². The third-order valence-corrected chi connectivity index (χ3v) is 7.84. The molecule has 0 spiro atoms. The molecule has 4 rings (SSSR count). The van der Waals surface area contributed by atoms with E-state index in [9.17, 15) is 5.11 Å². The molecule has 2 bridgehead atoms. The Hall–Kier alpha value is -0.810. The van der Waals surface area contributed by atoms with Gasteiger partial charge in [-0.25, -0.2) is 0 Å². The van der Waals surface area contributed by atoms with Crippen LogP contribution in [-0.4, -0.2) is 61.5 Å². The molecule has 2 aliphatic carbocycles. The molecule has 0 radical (unpaired) electrons. The Morgan fingerprint density at radius 1 is 1.21 bits per heavy atom. The summed E-state index contributed by atoms with van der Waals surface area (Å²) in [6.45, 7) is 12.1. The fraction of sp³-hybridized carbons (Fsp3) is 0.739. The number of piperazine rings is 1. The molecule has 156 valence electrons. The number of halogens is 1. The number of hydrogen-bond donors (Lipinski definition) is 1. The summed E-state index contributed by atoms with van der Waals surface area (Å²) in [7, 11) is 0. The molecule has 4 atom stereocenters. The van der Waals surface area contributed by atoms with Crippen LogP contribution < -0.4 is 4.90 Å². The van der Waals surface area contributed by atoms with Gasteiger partial charge in [0.2, 0.25) is 0 Å². The van der Waals surface area contributed by atoms with Crippen molar-refractivity contribution in [3.05, 3.63) is 29.3 Å². The predicted octanol–water partition coefficient (Wildman–Crippen LogP) is 4.05. The van der Waals surface area contributed by atoms with Crippen molar-refractivity contribution in [3.63, 3.8) is 0 Å². The highest BCUT2D eigenvalue weighted by Gasteiger charge is 2.60. The lowest BCUT2D eigenvalue weighted by Gasteiger charge is -2.43. The number of hydrogen-bond acceptors (Lipinski definition) is 4. The van der Waals surface area contributed by atoms with Crippen LogP contribution in [0.4, 0.5) is 5.69 Å².